The summed E-state index contributed by atoms with van der Waals surface area (Å²) >= 11 is 1.49. The maximum absolute atomic E-state index is 13.0. The Balaban J connectivity index is 1.62. The zero-order chi connectivity index (χ0) is 17.0. The van der Waals surface area contributed by atoms with E-state index in [-0.39, 0.29) is 5.91 Å². The van der Waals surface area contributed by atoms with Crippen LogP contribution in [0, 0.1) is 0 Å². The van der Waals surface area contributed by atoms with Gasteiger partial charge in [0.1, 0.15) is 5.04 Å². The molecule has 1 amide bonds. The van der Waals surface area contributed by atoms with E-state index < -0.39 is 4.87 Å². The lowest BCUT2D eigenvalue weighted by Crippen LogP contribution is -2.43. The highest BCUT2D eigenvalue weighted by molar-refractivity contribution is 8.16. The lowest BCUT2D eigenvalue weighted by Gasteiger charge is -2.21. The minimum Gasteiger partial charge on any atom is -0.312 e. The second-order valence-corrected chi connectivity index (χ2v) is 7.42. The van der Waals surface area contributed by atoms with Crippen LogP contribution in [0.25, 0.3) is 10.8 Å². The summed E-state index contributed by atoms with van der Waals surface area (Å²) < 4.78 is 0. The lowest BCUT2D eigenvalue weighted by atomic mass is 10.1. The molecule has 0 aromatic heterocycles. The Kier molecular flexibility index (Phi) is 2.97. The number of hydrazone groups is 1. The summed E-state index contributed by atoms with van der Waals surface area (Å²) in [6, 6.07) is 22.3. The average molecular weight is 345 g/mol. The molecule has 0 bridgehead atoms. The van der Waals surface area contributed by atoms with Crippen molar-refractivity contribution in [2.75, 3.05) is 11.9 Å². The van der Waals surface area contributed by atoms with Crippen molar-refractivity contribution in [3.63, 3.8) is 0 Å². The summed E-state index contributed by atoms with van der Waals surface area (Å²) in [5.74, 6) is 0.0117. The molecule has 1 N–H and O–H groups in total. The standard InChI is InChI=1S/C20H15N3OS/c1-23-17-12-5-4-11-16(17)20(19(23)24)22-21-18(25-20)15-10-6-8-13-7-2-3-9-14(13)15/h2-12,22H,1H3. The molecular formula is C20H15N3OS. The van der Waals surface area contributed by atoms with Gasteiger partial charge >= 0.3 is 0 Å². The monoisotopic (exact) mass is 345 g/mol. The molecule has 122 valence electrons. The molecule has 5 heteroatoms. The van der Waals surface area contributed by atoms with Crippen LogP contribution in [-0.2, 0) is 9.67 Å². The first-order chi connectivity index (χ1) is 12.2. The number of anilines is 1. The first kappa shape index (κ1) is 14.5. The van der Waals surface area contributed by atoms with Crippen LogP contribution >= 0.6 is 11.8 Å². The second kappa shape index (κ2) is 5.10. The summed E-state index contributed by atoms with van der Waals surface area (Å²) in [7, 11) is 1.81. The summed E-state index contributed by atoms with van der Waals surface area (Å²) in [6.07, 6.45) is 0. The predicted octanol–water partition coefficient (Wildman–Crippen LogP) is 3.67. The molecule has 0 fully saturated rings. The van der Waals surface area contributed by atoms with E-state index in [0.29, 0.717) is 0 Å². The van der Waals surface area contributed by atoms with Gasteiger partial charge in [-0.3, -0.25) is 10.2 Å². The van der Waals surface area contributed by atoms with Gasteiger partial charge in [0, 0.05) is 18.2 Å². The van der Waals surface area contributed by atoms with Gasteiger partial charge < -0.3 is 4.90 Å². The molecule has 2 aliphatic heterocycles. The number of benzene rings is 3. The molecule has 1 unspecified atom stereocenters. The third-order valence-corrected chi connectivity index (χ3v) is 6.13. The molecule has 2 heterocycles. The molecule has 0 saturated carbocycles. The quantitative estimate of drug-likeness (QED) is 0.732. The van der Waals surface area contributed by atoms with Gasteiger partial charge in [0.2, 0.25) is 4.87 Å². The molecule has 2 aliphatic rings. The Morgan fingerprint density at radius 2 is 1.76 bits per heavy atom. The van der Waals surface area contributed by atoms with Crippen molar-refractivity contribution in [2.24, 2.45) is 5.10 Å². The molecule has 25 heavy (non-hydrogen) atoms. The van der Waals surface area contributed by atoms with Crippen molar-refractivity contribution in [1.29, 1.82) is 0 Å². The SMILES string of the molecule is CN1C(=O)C2(NN=C(c3cccc4ccccc34)S2)c2ccccc21. The van der Waals surface area contributed by atoms with E-state index in [1.807, 2.05) is 49.5 Å². The smallest absolute Gasteiger partial charge is 0.269 e. The first-order valence-electron chi connectivity index (χ1n) is 8.10. The van der Waals surface area contributed by atoms with Crippen LogP contribution < -0.4 is 10.3 Å². The van der Waals surface area contributed by atoms with Crippen LogP contribution in [0.4, 0.5) is 5.69 Å². The number of para-hydroxylation sites is 1. The van der Waals surface area contributed by atoms with Gasteiger partial charge in [-0.1, -0.05) is 72.4 Å². The number of fused-ring (bicyclic) bond motifs is 3. The molecule has 3 aromatic rings. The molecule has 5 rings (SSSR count). The fourth-order valence-corrected chi connectivity index (χ4v) is 4.85. The van der Waals surface area contributed by atoms with Gasteiger partial charge in [0.05, 0.1) is 5.69 Å². The number of hydrogen-bond acceptors (Lipinski definition) is 4. The molecule has 3 aromatic carbocycles. The summed E-state index contributed by atoms with van der Waals surface area (Å²) in [5, 5.41) is 7.71. The van der Waals surface area contributed by atoms with E-state index >= 15 is 0 Å². The Morgan fingerprint density at radius 3 is 2.68 bits per heavy atom. The Hall–Kier alpha value is -2.79. The topological polar surface area (TPSA) is 44.7 Å². The van der Waals surface area contributed by atoms with Crippen molar-refractivity contribution in [1.82, 2.24) is 5.43 Å². The van der Waals surface area contributed by atoms with Crippen LogP contribution in [0.3, 0.4) is 0 Å². The minimum absolute atomic E-state index is 0.0117. The summed E-state index contributed by atoms with van der Waals surface area (Å²) in [5.41, 5.74) is 6.09. The van der Waals surface area contributed by atoms with Gasteiger partial charge in [-0.15, -0.1) is 0 Å². The van der Waals surface area contributed by atoms with Crippen molar-refractivity contribution in [2.45, 2.75) is 4.87 Å². The van der Waals surface area contributed by atoms with E-state index in [1.165, 1.54) is 17.1 Å². The highest BCUT2D eigenvalue weighted by Gasteiger charge is 2.54. The number of carbonyl (C=O) groups is 1. The van der Waals surface area contributed by atoms with E-state index in [2.05, 4.69) is 34.8 Å². The van der Waals surface area contributed by atoms with Gasteiger partial charge in [-0.05, 0) is 16.8 Å². The van der Waals surface area contributed by atoms with E-state index in [4.69, 9.17) is 0 Å². The third-order valence-electron chi connectivity index (χ3n) is 4.84. The van der Waals surface area contributed by atoms with Gasteiger partial charge in [0.25, 0.3) is 5.91 Å². The molecule has 1 atom stereocenters. The van der Waals surface area contributed by atoms with Crippen LogP contribution in [0.5, 0.6) is 0 Å². The number of hydrogen-bond donors (Lipinski definition) is 1. The van der Waals surface area contributed by atoms with E-state index in [9.17, 15) is 4.79 Å². The van der Waals surface area contributed by atoms with Crippen molar-refractivity contribution in [3.8, 4) is 0 Å². The normalized spacial score (nSPS) is 21.6. The van der Waals surface area contributed by atoms with Crippen molar-refractivity contribution in [3.05, 3.63) is 77.9 Å². The largest absolute Gasteiger partial charge is 0.312 e. The second-order valence-electron chi connectivity index (χ2n) is 6.22. The Morgan fingerprint density at radius 1 is 1.00 bits per heavy atom. The number of likely N-dealkylation sites (N-methyl/N-ethyl adjacent to an activating group) is 1. The summed E-state index contributed by atoms with van der Waals surface area (Å²) in [4.78, 5) is 13.8. The molecule has 1 spiro atoms. The zero-order valence-electron chi connectivity index (χ0n) is 13.6. The highest BCUT2D eigenvalue weighted by Crippen LogP contribution is 2.50. The number of nitrogens with zero attached hydrogens (tertiary/aromatic N) is 2. The van der Waals surface area contributed by atoms with Crippen LogP contribution in [0.2, 0.25) is 0 Å². The van der Waals surface area contributed by atoms with E-state index in [1.54, 1.807) is 4.90 Å². The maximum Gasteiger partial charge on any atom is 0.269 e. The lowest BCUT2D eigenvalue weighted by molar-refractivity contribution is -0.120. The number of carbonyl (C=O) groups excluding carboxylic acids is 1. The van der Waals surface area contributed by atoms with Crippen LogP contribution in [0.1, 0.15) is 11.1 Å². The highest BCUT2D eigenvalue weighted by atomic mass is 32.2. The number of nitrogens with one attached hydrogen (secondary N) is 1. The Labute approximate surface area is 149 Å². The number of thioether (sulfide) groups is 1. The molecule has 0 radical (unpaired) electrons. The van der Waals surface area contributed by atoms with Gasteiger partial charge in [0.15, 0.2) is 0 Å². The van der Waals surface area contributed by atoms with Crippen molar-refractivity contribution < 1.29 is 4.79 Å². The average Bonchev–Trinajstić information content (AvgIpc) is 3.20. The number of rotatable bonds is 1. The van der Waals surface area contributed by atoms with Crippen LogP contribution in [0.15, 0.2) is 71.8 Å². The Bertz CT molecular complexity index is 1060. The predicted molar refractivity (Wildman–Crippen MR) is 103 cm³/mol. The molecular weight excluding hydrogens is 330 g/mol. The molecule has 0 saturated heterocycles. The molecule has 0 aliphatic carbocycles. The number of amides is 1. The van der Waals surface area contributed by atoms with Gasteiger partial charge in [-0.2, -0.15) is 5.10 Å². The first-order valence-corrected chi connectivity index (χ1v) is 8.92. The fourth-order valence-electron chi connectivity index (χ4n) is 3.58. The summed E-state index contributed by atoms with van der Waals surface area (Å²) in [6.45, 7) is 0. The third kappa shape index (κ3) is 1.90. The molecule has 4 nitrogen and oxygen atoms in total. The fraction of sp³-hybridized carbons (Fsp3) is 0.100. The van der Waals surface area contributed by atoms with Gasteiger partial charge in [-0.25, -0.2) is 0 Å². The zero-order valence-corrected chi connectivity index (χ0v) is 14.4. The maximum atomic E-state index is 13.0. The van der Waals surface area contributed by atoms with E-state index in [0.717, 1.165) is 27.2 Å². The van der Waals surface area contributed by atoms with Crippen LogP contribution in [-0.4, -0.2) is 18.0 Å². The minimum atomic E-state index is -0.863. The van der Waals surface area contributed by atoms with Crippen molar-refractivity contribution >= 4 is 39.2 Å².